The van der Waals surface area contributed by atoms with Gasteiger partial charge in [-0.1, -0.05) is 29.9 Å². The third kappa shape index (κ3) is 4.96. The normalized spacial score (nSPS) is 11.7. The maximum atomic E-state index is 12.5. The highest BCUT2D eigenvalue weighted by molar-refractivity contribution is 7.18. The number of carbonyl (C=O) groups excluding carboxylic acids is 1. The van der Waals surface area contributed by atoms with Crippen molar-refractivity contribution >= 4 is 34.0 Å². The fourth-order valence-electron chi connectivity index (χ4n) is 2.31. The number of ether oxygens (including phenoxy) is 2. The third-order valence-electron chi connectivity index (χ3n) is 3.75. The molecule has 8 heteroatoms. The lowest BCUT2D eigenvalue weighted by Gasteiger charge is -2.16. The fourth-order valence-corrected chi connectivity index (χ4v) is 3.19. The first-order valence-corrected chi connectivity index (χ1v) is 9.49. The van der Waals surface area contributed by atoms with Crippen LogP contribution in [-0.2, 0) is 4.79 Å². The van der Waals surface area contributed by atoms with E-state index >= 15 is 0 Å². The van der Waals surface area contributed by atoms with Crippen LogP contribution >= 0.6 is 22.9 Å². The van der Waals surface area contributed by atoms with E-state index in [2.05, 4.69) is 15.5 Å². The van der Waals surface area contributed by atoms with E-state index < -0.39 is 6.10 Å². The molecule has 3 rings (SSSR count). The van der Waals surface area contributed by atoms with E-state index in [1.165, 1.54) is 11.3 Å². The fraction of sp³-hybridized carbons (Fsp3) is 0.211. The Labute approximate surface area is 166 Å². The number of amides is 1. The van der Waals surface area contributed by atoms with Gasteiger partial charge in [0.05, 0.1) is 7.11 Å². The second-order valence-corrected chi connectivity index (χ2v) is 7.01. The minimum atomic E-state index is -0.639. The van der Waals surface area contributed by atoms with Gasteiger partial charge in [-0.3, -0.25) is 10.1 Å². The number of anilines is 1. The van der Waals surface area contributed by atoms with Gasteiger partial charge in [-0.2, -0.15) is 0 Å². The Balaban J connectivity index is 1.65. The van der Waals surface area contributed by atoms with E-state index in [0.29, 0.717) is 27.3 Å². The van der Waals surface area contributed by atoms with Crippen LogP contribution in [0.15, 0.2) is 48.5 Å². The molecule has 0 radical (unpaired) electrons. The van der Waals surface area contributed by atoms with Gasteiger partial charge in [0.15, 0.2) is 6.10 Å². The maximum Gasteiger partial charge on any atom is 0.267 e. The van der Waals surface area contributed by atoms with Crippen molar-refractivity contribution < 1.29 is 14.3 Å². The number of aromatic nitrogens is 2. The number of hydrogen-bond donors (Lipinski definition) is 1. The molecule has 3 aromatic rings. The van der Waals surface area contributed by atoms with Crippen LogP contribution in [0.25, 0.3) is 10.6 Å². The zero-order valence-corrected chi connectivity index (χ0v) is 16.4. The van der Waals surface area contributed by atoms with Crippen LogP contribution in [0.2, 0.25) is 5.02 Å². The second-order valence-electron chi connectivity index (χ2n) is 5.60. The van der Waals surface area contributed by atoms with Gasteiger partial charge in [-0.25, -0.2) is 0 Å². The number of hydrogen-bond acceptors (Lipinski definition) is 6. The summed E-state index contributed by atoms with van der Waals surface area (Å²) in [6.07, 6.45) is -0.127. The smallest absolute Gasteiger partial charge is 0.267 e. The minimum Gasteiger partial charge on any atom is -0.497 e. The van der Waals surface area contributed by atoms with Crippen LogP contribution in [0, 0.1) is 0 Å². The summed E-state index contributed by atoms with van der Waals surface area (Å²) in [5, 5.41) is 12.7. The SMILES string of the molecule is CCC(Oc1ccc(Cl)cc1)C(=O)Nc1nnc(-c2ccc(OC)cc2)s1. The largest absolute Gasteiger partial charge is 0.497 e. The Kier molecular flexibility index (Phi) is 6.26. The highest BCUT2D eigenvalue weighted by atomic mass is 35.5. The van der Waals surface area contributed by atoms with E-state index in [4.69, 9.17) is 21.1 Å². The summed E-state index contributed by atoms with van der Waals surface area (Å²) < 4.78 is 10.9. The van der Waals surface area contributed by atoms with Gasteiger partial charge >= 0.3 is 0 Å². The summed E-state index contributed by atoms with van der Waals surface area (Å²) in [5.74, 6) is 1.07. The number of benzene rings is 2. The quantitative estimate of drug-likeness (QED) is 0.620. The number of nitrogens with zero attached hydrogens (tertiary/aromatic N) is 2. The molecule has 1 unspecified atom stereocenters. The molecule has 1 heterocycles. The molecule has 0 aliphatic carbocycles. The summed E-state index contributed by atoms with van der Waals surface area (Å²) in [5.41, 5.74) is 0.901. The van der Waals surface area contributed by atoms with Crippen LogP contribution in [0.3, 0.4) is 0 Å². The van der Waals surface area contributed by atoms with Gasteiger partial charge in [0.25, 0.3) is 5.91 Å². The Morgan fingerprint density at radius 1 is 1.11 bits per heavy atom. The molecular formula is C19H18ClN3O3S. The summed E-state index contributed by atoms with van der Waals surface area (Å²) in [4.78, 5) is 12.5. The maximum absolute atomic E-state index is 12.5. The topological polar surface area (TPSA) is 73.3 Å². The molecular weight excluding hydrogens is 386 g/mol. The average Bonchev–Trinajstić information content (AvgIpc) is 3.16. The third-order valence-corrected chi connectivity index (χ3v) is 4.89. The molecule has 0 saturated carbocycles. The molecule has 0 spiro atoms. The Bertz CT molecular complexity index is 897. The van der Waals surface area contributed by atoms with E-state index in [9.17, 15) is 4.79 Å². The molecule has 27 heavy (non-hydrogen) atoms. The van der Waals surface area contributed by atoms with Crippen molar-refractivity contribution in [1.82, 2.24) is 10.2 Å². The van der Waals surface area contributed by atoms with Crippen LogP contribution < -0.4 is 14.8 Å². The number of halogens is 1. The molecule has 0 saturated heterocycles. The molecule has 0 fully saturated rings. The Morgan fingerprint density at radius 2 is 1.78 bits per heavy atom. The van der Waals surface area contributed by atoms with Gasteiger partial charge in [0.2, 0.25) is 5.13 Å². The monoisotopic (exact) mass is 403 g/mol. The van der Waals surface area contributed by atoms with E-state index in [1.54, 1.807) is 31.4 Å². The lowest BCUT2D eigenvalue weighted by molar-refractivity contribution is -0.122. The van der Waals surface area contributed by atoms with Gasteiger partial charge < -0.3 is 9.47 Å². The van der Waals surface area contributed by atoms with Crippen molar-refractivity contribution in [3.8, 4) is 22.1 Å². The van der Waals surface area contributed by atoms with E-state index in [1.807, 2.05) is 31.2 Å². The Hall–Kier alpha value is -2.64. The zero-order valence-electron chi connectivity index (χ0n) is 14.8. The van der Waals surface area contributed by atoms with Gasteiger partial charge in [0, 0.05) is 10.6 Å². The molecule has 1 atom stereocenters. The summed E-state index contributed by atoms with van der Waals surface area (Å²) in [6, 6.07) is 14.4. The number of rotatable bonds is 7. The number of nitrogens with one attached hydrogen (secondary N) is 1. The van der Waals surface area contributed by atoms with E-state index in [-0.39, 0.29) is 5.91 Å². The van der Waals surface area contributed by atoms with Gasteiger partial charge in [0.1, 0.15) is 16.5 Å². The summed E-state index contributed by atoms with van der Waals surface area (Å²) >= 11 is 7.16. The second kappa shape index (κ2) is 8.83. The van der Waals surface area contributed by atoms with Gasteiger partial charge in [-0.15, -0.1) is 10.2 Å². The van der Waals surface area contributed by atoms with Crippen molar-refractivity contribution in [1.29, 1.82) is 0 Å². The standard InChI is InChI=1S/C19H18ClN3O3S/c1-3-16(26-15-10-6-13(20)7-11-15)17(24)21-19-23-22-18(27-19)12-4-8-14(25-2)9-5-12/h4-11,16H,3H2,1-2H3,(H,21,23,24). The predicted octanol–water partition coefficient (Wildman–Crippen LogP) is 4.66. The highest BCUT2D eigenvalue weighted by Crippen LogP contribution is 2.28. The average molecular weight is 404 g/mol. The zero-order chi connectivity index (χ0) is 19.2. The van der Waals surface area contributed by atoms with Crippen molar-refractivity contribution in [2.45, 2.75) is 19.4 Å². The molecule has 0 aliphatic rings. The molecule has 1 amide bonds. The summed E-state index contributed by atoms with van der Waals surface area (Å²) in [7, 11) is 1.61. The van der Waals surface area contributed by atoms with Crippen LogP contribution in [0.4, 0.5) is 5.13 Å². The Morgan fingerprint density at radius 3 is 2.41 bits per heavy atom. The lowest BCUT2D eigenvalue weighted by Crippen LogP contribution is -2.32. The number of methoxy groups -OCH3 is 1. The molecule has 0 bridgehead atoms. The lowest BCUT2D eigenvalue weighted by atomic mass is 10.2. The first-order valence-electron chi connectivity index (χ1n) is 8.30. The van der Waals surface area contributed by atoms with Crippen LogP contribution in [-0.4, -0.2) is 29.3 Å². The minimum absolute atomic E-state index is 0.273. The molecule has 1 aromatic heterocycles. The van der Waals surface area contributed by atoms with Crippen molar-refractivity contribution in [2.75, 3.05) is 12.4 Å². The first kappa shape index (κ1) is 19.1. The molecule has 0 aliphatic heterocycles. The van der Waals surface area contributed by atoms with Crippen molar-refractivity contribution in [3.05, 3.63) is 53.6 Å². The number of carbonyl (C=O) groups is 1. The molecule has 6 nitrogen and oxygen atoms in total. The van der Waals surface area contributed by atoms with Crippen molar-refractivity contribution in [3.63, 3.8) is 0 Å². The van der Waals surface area contributed by atoms with Crippen LogP contribution in [0.5, 0.6) is 11.5 Å². The molecule has 140 valence electrons. The highest BCUT2D eigenvalue weighted by Gasteiger charge is 2.20. The van der Waals surface area contributed by atoms with Crippen LogP contribution in [0.1, 0.15) is 13.3 Å². The predicted molar refractivity (Wildman–Crippen MR) is 107 cm³/mol. The summed E-state index contributed by atoms with van der Waals surface area (Å²) in [6.45, 7) is 1.88. The van der Waals surface area contributed by atoms with Crippen molar-refractivity contribution in [2.24, 2.45) is 0 Å². The van der Waals surface area contributed by atoms with Gasteiger partial charge in [-0.05, 0) is 55.0 Å². The molecule has 1 N–H and O–H groups in total. The van der Waals surface area contributed by atoms with E-state index in [0.717, 1.165) is 11.3 Å². The molecule has 2 aromatic carbocycles. The first-order chi connectivity index (χ1) is 13.1.